The maximum absolute atomic E-state index is 12.5. The second-order valence-corrected chi connectivity index (χ2v) is 6.27. The van der Waals surface area contributed by atoms with E-state index in [1.807, 2.05) is 37.3 Å². The number of carboxylic acid groups (broad SMARTS) is 1. The van der Waals surface area contributed by atoms with Crippen LogP contribution in [0.4, 0.5) is 0 Å². The highest BCUT2D eigenvalue weighted by molar-refractivity contribution is 5.96. The Hall–Kier alpha value is -3.10. The van der Waals surface area contributed by atoms with Gasteiger partial charge in [0.2, 0.25) is 11.8 Å². The number of guanidine groups is 1. The van der Waals surface area contributed by atoms with Crippen molar-refractivity contribution in [1.29, 1.82) is 5.41 Å². The molecule has 1 aromatic rings. The monoisotopic (exact) mass is 377 g/mol. The molecule has 9 heteroatoms. The van der Waals surface area contributed by atoms with Gasteiger partial charge >= 0.3 is 5.97 Å². The van der Waals surface area contributed by atoms with E-state index in [2.05, 4.69) is 16.0 Å². The Morgan fingerprint density at radius 2 is 1.85 bits per heavy atom. The molecule has 1 aromatic carbocycles. The number of carbonyl (C=O) groups is 3. The third-order valence-corrected chi connectivity index (χ3v) is 3.72. The topological polar surface area (TPSA) is 157 Å². The Bertz CT molecular complexity index is 650. The number of aliphatic carboxylic acids is 1. The van der Waals surface area contributed by atoms with Crippen molar-refractivity contribution in [2.24, 2.45) is 5.73 Å². The van der Waals surface area contributed by atoms with Gasteiger partial charge in [0, 0.05) is 12.6 Å². The molecular weight excluding hydrogens is 350 g/mol. The van der Waals surface area contributed by atoms with Gasteiger partial charge < -0.3 is 26.8 Å². The van der Waals surface area contributed by atoms with Crippen LogP contribution >= 0.6 is 0 Å². The van der Waals surface area contributed by atoms with Gasteiger partial charge in [-0.05, 0) is 31.7 Å². The molecule has 0 bridgehead atoms. The SMILES string of the molecule is C[C@@H](Cc1ccccc1)NC(=O)[C@H](CCCNC(=N)N)NC(=O)CC(=O)O. The maximum atomic E-state index is 12.5. The van der Waals surface area contributed by atoms with Crippen LogP contribution in [0, 0.1) is 5.41 Å². The summed E-state index contributed by atoms with van der Waals surface area (Å²) in [6.07, 6.45) is 0.691. The Morgan fingerprint density at radius 3 is 2.44 bits per heavy atom. The van der Waals surface area contributed by atoms with Crippen molar-refractivity contribution in [3.05, 3.63) is 35.9 Å². The lowest BCUT2D eigenvalue weighted by Crippen LogP contribution is -2.50. The summed E-state index contributed by atoms with van der Waals surface area (Å²) in [5.41, 5.74) is 6.27. The zero-order valence-corrected chi connectivity index (χ0v) is 15.3. The van der Waals surface area contributed by atoms with Crippen LogP contribution in [-0.4, -0.2) is 47.5 Å². The van der Waals surface area contributed by atoms with E-state index in [0.29, 0.717) is 19.4 Å². The summed E-state index contributed by atoms with van der Waals surface area (Å²) in [6, 6.07) is 8.65. The largest absolute Gasteiger partial charge is 0.481 e. The summed E-state index contributed by atoms with van der Waals surface area (Å²) in [5.74, 6) is -2.54. The standard InChI is InChI=1S/C18H27N5O4/c1-12(10-13-6-3-2-4-7-13)22-17(27)14(8-5-9-21-18(19)20)23-15(24)11-16(25)26/h2-4,6-7,12,14H,5,8-11H2,1H3,(H,22,27)(H,23,24)(H,25,26)(H4,19,20,21)/t12-,14-/m0/s1. The Kier molecular flexibility index (Phi) is 9.35. The molecule has 0 spiro atoms. The molecular formula is C18H27N5O4. The molecule has 0 heterocycles. The van der Waals surface area contributed by atoms with E-state index in [4.69, 9.17) is 16.2 Å². The lowest BCUT2D eigenvalue weighted by Gasteiger charge is -2.21. The van der Waals surface area contributed by atoms with Crippen LogP contribution < -0.4 is 21.7 Å². The van der Waals surface area contributed by atoms with E-state index in [0.717, 1.165) is 5.56 Å². The van der Waals surface area contributed by atoms with Gasteiger partial charge in [0.15, 0.2) is 5.96 Å². The van der Waals surface area contributed by atoms with E-state index < -0.39 is 24.3 Å². The first-order chi connectivity index (χ1) is 12.8. The number of hydrogen-bond acceptors (Lipinski definition) is 4. The smallest absolute Gasteiger partial charge is 0.312 e. The van der Waals surface area contributed by atoms with Crippen molar-refractivity contribution in [2.45, 2.75) is 44.7 Å². The molecule has 0 saturated carbocycles. The first kappa shape index (κ1) is 21.9. The van der Waals surface area contributed by atoms with Crippen LogP contribution in [0.3, 0.4) is 0 Å². The molecule has 9 nitrogen and oxygen atoms in total. The quantitative estimate of drug-likeness (QED) is 0.137. The normalized spacial score (nSPS) is 12.5. The molecule has 7 N–H and O–H groups in total. The van der Waals surface area contributed by atoms with Crippen LogP contribution in [0.15, 0.2) is 30.3 Å². The Morgan fingerprint density at radius 1 is 1.19 bits per heavy atom. The molecule has 0 unspecified atom stereocenters. The number of rotatable bonds is 11. The molecule has 2 amide bonds. The highest BCUT2D eigenvalue weighted by Crippen LogP contribution is 2.04. The lowest BCUT2D eigenvalue weighted by molar-refractivity contribution is -0.141. The summed E-state index contributed by atoms with van der Waals surface area (Å²) < 4.78 is 0. The number of hydrogen-bond donors (Lipinski definition) is 6. The minimum Gasteiger partial charge on any atom is -0.481 e. The van der Waals surface area contributed by atoms with Crippen molar-refractivity contribution in [3.8, 4) is 0 Å². The summed E-state index contributed by atoms with van der Waals surface area (Å²) in [6.45, 7) is 2.23. The first-order valence-electron chi connectivity index (χ1n) is 8.71. The fourth-order valence-corrected chi connectivity index (χ4v) is 2.54. The fourth-order valence-electron chi connectivity index (χ4n) is 2.54. The summed E-state index contributed by atoms with van der Waals surface area (Å²) in [4.78, 5) is 34.9. The van der Waals surface area contributed by atoms with Crippen molar-refractivity contribution >= 4 is 23.7 Å². The van der Waals surface area contributed by atoms with E-state index >= 15 is 0 Å². The summed E-state index contributed by atoms with van der Waals surface area (Å²) in [5, 5.41) is 23.7. The van der Waals surface area contributed by atoms with Crippen molar-refractivity contribution in [3.63, 3.8) is 0 Å². The lowest BCUT2D eigenvalue weighted by atomic mass is 10.1. The minimum absolute atomic E-state index is 0.158. The Labute approximate surface area is 158 Å². The van der Waals surface area contributed by atoms with Crippen LogP contribution in [0.25, 0.3) is 0 Å². The third kappa shape index (κ3) is 9.83. The van der Waals surface area contributed by atoms with Gasteiger partial charge in [-0.15, -0.1) is 0 Å². The second-order valence-electron chi connectivity index (χ2n) is 6.27. The molecule has 0 aliphatic heterocycles. The predicted octanol–water partition coefficient (Wildman–Crippen LogP) is -0.0434. The molecule has 27 heavy (non-hydrogen) atoms. The van der Waals surface area contributed by atoms with Gasteiger partial charge in [-0.3, -0.25) is 19.8 Å². The van der Waals surface area contributed by atoms with E-state index in [-0.39, 0.29) is 24.3 Å². The summed E-state index contributed by atoms with van der Waals surface area (Å²) >= 11 is 0. The van der Waals surface area contributed by atoms with Gasteiger partial charge in [0.05, 0.1) is 0 Å². The van der Waals surface area contributed by atoms with E-state index in [1.54, 1.807) is 0 Å². The molecule has 2 atom stereocenters. The predicted molar refractivity (Wildman–Crippen MR) is 101 cm³/mol. The van der Waals surface area contributed by atoms with Crippen molar-refractivity contribution < 1.29 is 19.5 Å². The van der Waals surface area contributed by atoms with Crippen LogP contribution in [0.2, 0.25) is 0 Å². The second kappa shape index (κ2) is 11.5. The number of carbonyl (C=O) groups excluding carboxylic acids is 2. The zero-order chi connectivity index (χ0) is 20.2. The molecule has 0 fully saturated rings. The summed E-state index contributed by atoms with van der Waals surface area (Å²) in [7, 11) is 0. The average molecular weight is 377 g/mol. The molecule has 0 aliphatic carbocycles. The van der Waals surface area contributed by atoms with Gasteiger partial charge in [-0.1, -0.05) is 30.3 Å². The van der Waals surface area contributed by atoms with E-state index in [9.17, 15) is 14.4 Å². The highest BCUT2D eigenvalue weighted by atomic mass is 16.4. The number of amides is 2. The molecule has 0 aliphatic rings. The maximum Gasteiger partial charge on any atom is 0.312 e. The molecule has 0 aromatic heterocycles. The van der Waals surface area contributed by atoms with Gasteiger partial charge in [0.25, 0.3) is 0 Å². The van der Waals surface area contributed by atoms with Crippen LogP contribution in [0.1, 0.15) is 31.7 Å². The first-order valence-corrected chi connectivity index (χ1v) is 8.71. The molecule has 0 saturated heterocycles. The number of nitrogens with two attached hydrogens (primary N) is 1. The average Bonchev–Trinajstić information content (AvgIpc) is 2.57. The van der Waals surface area contributed by atoms with Crippen LogP contribution in [-0.2, 0) is 20.8 Å². The number of carboxylic acids is 1. The van der Waals surface area contributed by atoms with Crippen LogP contribution in [0.5, 0.6) is 0 Å². The molecule has 0 radical (unpaired) electrons. The Balaban J connectivity index is 2.61. The number of benzene rings is 1. The molecule has 1 rings (SSSR count). The van der Waals surface area contributed by atoms with E-state index in [1.165, 1.54) is 0 Å². The fraction of sp³-hybridized carbons (Fsp3) is 0.444. The van der Waals surface area contributed by atoms with Gasteiger partial charge in [-0.25, -0.2) is 0 Å². The van der Waals surface area contributed by atoms with Crippen molar-refractivity contribution in [1.82, 2.24) is 16.0 Å². The third-order valence-electron chi connectivity index (χ3n) is 3.72. The van der Waals surface area contributed by atoms with Gasteiger partial charge in [-0.2, -0.15) is 0 Å². The van der Waals surface area contributed by atoms with Gasteiger partial charge in [0.1, 0.15) is 12.5 Å². The zero-order valence-electron chi connectivity index (χ0n) is 15.3. The van der Waals surface area contributed by atoms with Crippen molar-refractivity contribution in [2.75, 3.05) is 6.54 Å². The highest BCUT2D eigenvalue weighted by Gasteiger charge is 2.22. The minimum atomic E-state index is -1.26. The number of nitrogens with one attached hydrogen (secondary N) is 4. The molecule has 148 valence electrons.